The number of carbonyl (C=O) groups is 2. The average Bonchev–Trinajstić information content (AvgIpc) is 3.25. The quantitative estimate of drug-likeness (QED) is 0.371. The number of fused-ring (bicyclic) bond motifs is 1. The van der Waals surface area contributed by atoms with E-state index in [-0.39, 0.29) is 35.3 Å². The van der Waals surface area contributed by atoms with Crippen molar-refractivity contribution in [1.82, 2.24) is 14.5 Å². The maximum atomic E-state index is 13.3. The molecule has 8 nitrogen and oxygen atoms in total. The number of carbonyl (C=O) groups excluding carboxylic acids is 2. The number of piperidine rings is 1. The molecule has 2 heterocycles. The Morgan fingerprint density at radius 1 is 1.22 bits per heavy atom. The van der Waals surface area contributed by atoms with Crippen LogP contribution < -0.4 is 11.5 Å². The largest absolute Gasteiger partial charge is 0.385 e. The Bertz CT molecular complexity index is 1280. The number of hydrogen-bond acceptors (Lipinski definition) is 5. The van der Waals surface area contributed by atoms with Gasteiger partial charge in [-0.2, -0.15) is 0 Å². The zero-order valence-corrected chi connectivity index (χ0v) is 22.5. The number of primary amides is 1. The van der Waals surface area contributed by atoms with E-state index in [0.29, 0.717) is 30.3 Å². The van der Waals surface area contributed by atoms with Crippen LogP contribution in [-0.2, 0) is 22.5 Å². The van der Waals surface area contributed by atoms with E-state index in [9.17, 15) is 9.59 Å². The van der Waals surface area contributed by atoms with Crippen molar-refractivity contribution >= 4 is 46.0 Å². The molecule has 0 bridgehead atoms. The number of aromatic nitrogens is 2. The molecule has 0 radical (unpaired) electrons. The lowest BCUT2D eigenvalue weighted by molar-refractivity contribution is -0.132. The summed E-state index contributed by atoms with van der Waals surface area (Å²) in [5.41, 5.74) is 14.7. The normalized spacial score (nSPS) is 16.8. The van der Waals surface area contributed by atoms with Gasteiger partial charge in [-0.3, -0.25) is 9.59 Å². The Balaban J connectivity index is 1.47. The van der Waals surface area contributed by atoms with Crippen LogP contribution in [0.3, 0.4) is 0 Å². The van der Waals surface area contributed by atoms with Gasteiger partial charge >= 0.3 is 0 Å². The number of ether oxygens (including phenoxy) is 1. The Morgan fingerprint density at radius 3 is 2.76 bits per heavy atom. The fourth-order valence-electron chi connectivity index (χ4n) is 5.13. The van der Waals surface area contributed by atoms with Crippen LogP contribution >= 0.6 is 23.2 Å². The van der Waals surface area contributed by atoms with Gasteiger partial charge in [0.1, 0.15) is 5.82 Å². The maximum Gasteiger partial charge on any atom is 0.249 e. The molecule has 2 amide bonds. The maximum absolute atomic E-state index is 13.3. The third-order valence-electron chi connectivity index (χ3n) is 6.92. The number of nitrogens with two attached hydrogens (primary N) is 2. The van der Waals surface area contributed by atoms with Gasteiger partial charge in [-0.05, 0) is 55.5 Å². The summed E-state index contributed by atoms with van der Waals surface area (Å²) in [7, 11) is 1.71. The molecule has 4 rings (SSSR count). The van der Waals surface area contributed by atoms with Crippen LogP contribution in [0.15, 0.2) is 36.4 Å². The highest BCUT2D eigenvalue weighted by Crippen LogP contribution is 2.32. The number of amides is 2. The smallest absolute Gasteiger partial charge is 0.249 e. The first-order valence-electron chi connectivity index (χ1n) is 12.5. The lowest BCUT2D eigenvalue weighted by Gasteiger charge is -2.33. The van der Waals surface area contributed by atoms with Crippen molar-refractivity contribution in [2.45, 2.75) is 50.6 Å². The molecule has 1 aliphatic heterocycles. The standard InChI is InChI=1S/C27H33Cl2N5O3/c1-37-13-5-12-34-23-8-3-2-7-22(23)32-27(34)17-6-4-11-33(16-17)24(35)15-18(30)14-20-19(26(31)36)9-10-21(28)25(20)29/h2-3,7-10,17-18H,4-6,11-16,30H2,1H3,(H2,31,36)/t17-,18+/m1/s1. The molecular formula is C27H33Cl2N5O3. The van der Waals surface area contributed by atoms with Crippen molar-refractivity contribution in [3.8, 4) is 0 Å². The first-order valence-corrected chi connectivity index (χ1v) is 13.3. The molecule has 10 heteroatoms. The zero-order chi connectivity index (χ0) is 26.5. The monoisotopic (exact) mass is 545 g/mol. The number of nitrogens with zero attached hydrogens (tertiary/aromatic N) is 3. The van der Waals surface area contributed by atoms with Crippen LogP contribution in [-0.4, -0.2) is 59.1 Å². The van der Waals surface area contributed by atoms with Gasteiger partial charge in [0.05, 0.1) is 21.1 Å². The molecule has 2 aromatic carbocycles. The molecule has 3 aromatic rings. The van der Waals surface area contributed by atoms with Gasteiger partial charge in [-0.25, -0.2) is 4.98 Å². The summed E-state index contributed by atoms with van der Waals surface area (Å²) in [5.74, 6) is 0.501. The second kappa shape index (κ2) is 12.3. The molecule has 1 fully saturated rings. The first kappa shape index (κ1) is 27.4. The molecule has 37 heavy (non-hydrogen) atoms. The van der Waals surface area contributed by atoms with E-state index >= 15 is 0 Å². The predicted octanol–water partition coefficient (Wildman–Crippen LogP) is 4.14. The summed E-state index contributed by atoms with van der Waals surface area (Å²) in [4.78, 5) is 32.0. The summed E-state index contributed by atoms with van der Waals surface area (Å²) in [6.07, 6.45) is 3.07. The number of hydrogen-bond donors (Lipinski definition) is 2. The van der Waals surface area contributed by atoms with Crippen LogP contribution in [0, 0.1) is 0 Å². The van der Waals surface area contributed by atoms with Crippen molar-refractivity contribution in [2.24, 2.45) is 11.5 Å². The highest BCUT2D eigenvalue weighted by Gasteiger charge is 2.29. The number of methoxy groups -OCH3 is 1. The molecule has 1 aromatic heterocycles. The Hall–Kier alpha value is -2.65. The minimum absolute atomic E-state index is 0.0296. The van der Waals surface area contributed by atoms with Gasteiger partial charge < -0.3 is 25.7 Å². The summed E-state index contributed by atoms with van der Waals surface area (Å²) in [5, 5.41) is 0.554. The lowest BCUT2D eigenvalue weighted by Crippen LogP contribution is -2.42. The Morgan fingerprint density at radius 2 is 2.00 bits per heavy atom. The fourth-order valence-corrected chi connectivity index (χ4v) is 5.55. The second-order valence-corrected chi connectivity index (χ2v) is 10.3. The van der Waals surface area contributed by atoms with Crippen molar-refractivity contribution in [1.29, 1.82) is 0 Å². The topological polar surface area (TPSA) is 116 Å². The molecule has 4 N–H and O–H groups in total. The number of aryl methyl sites for hydroxylation is 1. The van der Waals surface area contributed by atoms with E-state index in [0.717, 1.165) is 42.7 Å². The first-order chi connectivity index (χ1) is 17.8. The number of rotatable bonds is 10. The zero-order valence-electron chi connectivity index (χ0n) is 21.0. The van der Waals surface area contributed by atoms with Crippen molar-refractivity contribution in [3.63, 3.8) is 0 Å². The highest BCUT2D eigenvalue weighted by atomic mass is 35.5. The van der Waals surface area contributed by atoms with E-state index in [2.05, 4.69) is 10.6 Å². The summed E-state index contributed by atoms with van der Waals surface area (Å²) < 4.78 is 7.53. The molecule has 1 aliphatic rings. The van der Waals surface area contributed by atoms with Gasteiger partial charge in [-0.15, -0.1) is 0 Å². The molecule has 0 spiro atoms. The third-order valence-corrected chi connectivity index (χ3v) is 7.76. The second-order valence-electron chi connectivity index (χ2n) is 9.56. The molecule has 1 saturated heterocycles. The van der Waals surface area contributed by atoms with Gasteiger partial charge in [0.2, 0.25) is 11.8 Å². The van der Waals surface area contributed by atoms with Crippen LogP contribution in [0.1, 0.15) is 53.3 Å². The van der Waals surface area contributed by atoms with E-state index in [4.69, 9.17) is 44.4 Å². The average molecular weight is 546 g/mol. The van der Waals surface area contributed by atoms with Gasteiger partial charge in [0.25, 0.3) is 0 Å². The van der Waals surface area contributed by atoms with Crippen molar-refractivity contribution in [3.05, 3.63) is 63.4 Å². The fraction of sp³-hybridized carbons (Fsp3) is 0.444. The lowest BCUT2D eigenvalue weighted by atomic mass is 9.95. The van der Waals surface area contributed by atoms with Crippen LogP contribution in [0.25, 0.3) is 11.0 Å². The minimum atomic E-state index is -0.612. The van der Waals surface area contributed by atoms with Gasteiger partial charge in [0.15, 0.2) is 0 Å². The number of para-hydroxylation sites is 2. The van der Waals surface area contributed by atoms with Crippen molar-refractivity contribution < 1.29 is 14.3 Å². The van der Waals surface area contributed by atoms with E-state index < -0.39 is 11.9 Å². The number of likely N-dealkylation sites (tertiary alicyclic amines) is 1. The Kier molecular flexibility index (Phi) is 9.08. The van der Waals surface area contributed by atoms with Gasteiger partial charge in [0, 0.05) is 57.3 Å². The molecular weight excluding hydrogens is 513 g/mol. The van der Waals surface area contributed by atoms with Gasteiger partial charge in [-0.1, -0.05) is 35.3 Å². The minimum Gasteiger partial charge on any atom is -0.385 e. The summed E-state index contributed by atoms with van der Waals surface area (Å²) in [6.45, 7) is 2.74. The van der Waals surface area contributed by atoms with E-state index in [1.165, 1.54) is 12.1 Å². The van der Waals surface area contributed by atoms with E-state index in [1.807, 2.05) is 23.1 Å². The van der Waals surface area contributed by atoms with Crippen molar-refractivity contribution in [2.75, 3.05) is 26.8 Å². The SMILES string of the molecule is COCCCn1c([C@@H]2CCCN(C(=O)C[C@@H](N)Cc3c(C(N)=O)ccc(Cl)c3Cl)C2)nc2ccccc21. The predicted molar refractivity (Wildman–Crippen MR) is 146 cm³/mol. The number of halogens is 2. The third kappa shape index (κ3) is 6.26. The molecule has 2 atom stereocenters. The number of benzene rings is 2. The van der Waals surface area contributed by atoms with Crippen LogP contribution in [0.4, 0.5) is 0 Å². The summed E-state index contributed by atoms with van der Waals surface area (Å²) in [6, 6.07) is 10.7. The molecule has 0 aliphatic carbocycles. The molecule has 0 unspecified atom stereocenters. The van der Waals surface area contributed by atoms with E-state index in [1.54, 1.807) is 7.11 Å². The van der Waals surface area contributed by atoms with Crippen LogP contribution in [0.2, 0.25) is 10.0 Å². The highest BCUT2D eigenvalue weighted by molar-refractivity contribution is 6.42. The Labute approximate surface area is 226 Å². The molecule has 198 valence electrons. The number of imidazole rings is 1. The van der Waals surface area contributed by atoms with Crippen LogP contribution in [0.5, 0.6) is 0 Å². The summed E-state index contributed by atoms with van der Waals surface area (Å²) >= 11 is 12.5. The molecule has 0 saturated carbocycles.